The monoisotopic (exact) mass is 286 g/mol. The van der Waals surface area contributed by atoms with E-state index in [1.807, 2.05) is 0 Å². The van der Waals surface area contributed by atoms with Crippen molar-refractivity contribution in [1.82, 2.24) is 0 Å². The Morgan fingerprint density at radius 2 is 1.29 bits per heavy atom. The van der Waals surface area contributed by atoms with Crippen LogP contribution in [0, 0.1) is 0 Å². The van der Waals surface area contributed by atoms with E-state index in [4.69, 9.17) is 16.2 Å². The number of hydrogen-bond donors (Lipinski definition) is 4. The van der Waals surface area contributed by atoms with E-state index in [1.54, 1.807) is 48.5 Å². The summed E-state index contributed by atoms with van der Waals surface area (Å²) < 4.78 is 5.15. The molecule has 0 aliphatic heterocycles. The first-order valence-corrected chi connectivity index (χ1v) is 6.47. The standard InChI is InChI=1S/C16H18N2O3/c17-13-5-1-11(2-6-13)9-15(19)16(20)21-10-12-3-7-14(18)8-4-12/h1-8,19-20H,9-10,17-18H2/b16-15-. The van der Waals surface area contributed by atoms with Gasteiger partial charge < -0.3 is 26.4 Å². The second-order valence-corrected chi connectivity index (χ2v) is 4.70. The van der Waals surface area contributed by atoms with Crippen LogP contribution in [0.4, 0.5) is 11.4 Å². The quantitative estimate of drug-likeness (QED) is 0.500. The zero-order chi connectivity index (χ0) is 15.2. The van der Waals surface area contributed by atoms with Gasteiger partial charge in [0.15, 0.2) is 5.76 Å². The highest BCUT2D eigenvalue weighted by Crippen LogP contribution is 2.14. The second kappa shape index (κ2) is 6.56. The minimum Gasteiger partial charge on any atom is -0.505 e. The first-order valence-electron chi connectivity index (χ1n) is 6.47. The van der Waals surface area contributed by atoms with Crippen molar-refractivity contribution in [2.45, 2.75) is 13.0 Å². The molecule has 0 saturated heterocycles. The number of allylic oxidation sites excluding steroid dienone is 1. The summed E-state index contributed by atoms with van der Waals surface area (Å²) in [4.78, 5) is 0. The van der Waals surface area contributed by atoms with Gasteiger partial charge in [-0.1, -0.05) is 24.3 Å². The molecule has 0 fully saturated rings. The summed E-state index contributed by atoms with van der Waals surface area (Å²) in [5.74, 6) is -0.709. The molecule has 110 valence electrons. The smallest absolute Gasteiger partial charge is 0.316 e. The predicted molar refractivity (Wildman–Crippen MR) is 82.5 cm³/mol. The number of rotatable bonds is 5. The number of ether oxygens (including phenoxy) is 1. The molecule has 2 aromatic rings. The molecule has 2 rings (SSSR count). The molecule has 5 nitrogen and oxygen atoms in total. The number of aliphatic hydroxyl groups is 2. The predicted octanol–water partition coefficient (Wildman–Crippen LogP) is 2.90. The molecular weight excluding hydrogens is 268 g/mol. The molecule has 0 aliphatic rings. The van der Waals surface area contributed by atoms with Crippen molar-refractivity contribution in [3.8, 4) is 0 Å². The Kier molecular flexibility index (Phi) is 4.56. The summed E-state index contributed by atoms with van der Waals surface area (Å²) in [7, 11) is 0. The van der Waals surface area contributed by atoms with Crippen molar-refractivity contribution in [3.63, 3.8) is 0 Å². The van der Waals surface area contributed by atoms with E-state index in [1.165, 1.54) is 0 Å². The van der Waals surface area contributed by atoms with Gasteiger partial charge in [0.25, 0.3) is 0 Å². The molecular formula is C16H18N2O3. The third-order valence-corrected chi connectivity index (χ3v) is 2.95. The Morgan fingerprint density at radius 1 is 0.810 bits per heavy atom. The molecule has 5 heteroatoms. The Morgan fingerprint density at radius 3 is 1.81 bits per heavy atom. The van der Waals surface area contributed by atoms with E-state index in [2.05, 4.69) is 0 Å². The van der Waals surface area contributed by atoms with Crippen LogP contribution >= 0.6 is 0 Å². The van der Waals surface area contributed by atoms with Gasteiger partial charge in [-0.15, -0.1) is 0 Å². The summed E-state index contributed by atoms with van der Waals surface area (Å²) in [5, 5.41) is 19.5. The minimum absolute atomic E-state index is 0.151. The van der Waals surface area contributed by atoms with Crippen LogP contribution in [-0.2, 0) is 17.8 Å². The van der Waals surface area contributed by atoms with Crippen LogP contribution < -0.4 is 11.5 Å². The normalized spacial score (nSPS) is 11.8. The number of nitrogen functional groups attached to an aromatic ring is 2. The van der Waals surface area contributed by atoms with E-state index in [-0.39, 0.29) is 18.8 Å². The molecule has 0 spiro atoms. The molecule has 0 radical (unpaired) electrons. The zero-order valence-electron chi connectivity index (χ0n) is 11.5. The van der Waals surface area contributed by atoms with Crippen molar-refractivity contribution in [3.05, 3.63) is 71.4 Å². The van der Waals surface area contributed by atoms with Crippen molar-refractivity contribution < 1.29 is 14.9 Å². The summed E-state index contributed by atoms with van der Waals surface area (Å²) in [5.41, 5.74) is 14.1. The van der Waals surface area contributed by atoms with Gasteiger partial charge in [0.2, 0.25) is 0 Å². The fourth-order valence-corrected chi connectivity index (χ4v) is 1.75. The average Bonchev–Trinajstić information content (AvgIpc) is 2.48. The van der Waals surface area contributed by atoms with Gasteiger partial charge in [-0.3, -0.25) is 0 Å². The van der Waals surface area contributed by atoms with E-state index in [0.29, 0.717) is 11.4 Å². The Hall–Kier alpha value is -2.82. The second-order valence-electron chi connectivity index (χ2n) is 4.70. The van der Waals surface area contributed by atoms with Gasteiger partial charge in [-0.2, -0.15) is 0 Å². The number of hydrogen-bond acceptors (Lipinski definition) is 5. The van der Waals surface area contributed by atoms with Crippen molar-refractivity contribution in [2.24, 2.45) is 0 Å². The molecule has 0 aromatic heterocycles. The largest absolute Gasteiger partial charge is 0.505 e. The van der Waals surface area contributed by atoms with Gasteiger partial charge >= 0.3 is 5.95 Å². The molecule has 21 heavy (non-hydrogen) atoms. The van der Waals surface area contributed by atoms with Crippen LogP contribution in [0.5, 0.6) is 0 Å². The van der Waals surface area contributed by atoms with Crippen LogP contribution in [0.15, 0.2) is 60.2 Å². The van der Waals surface area contributed by atoms with Gasteiger partial charge in [0, 0.05) is 17.8 Å². The fourth-order valence-electron chi connectivity index (χ4n) is 1.75. The first-order chi connectivity index (χ1) is 10.0. The summed E-state index contributed by atoms with van der Waals surface area (Å²) in [6.07, 6.45) is 0.174. The third kappa shape index (κ3) is 4.35. The SMILES string of the molecule is Nc1ccc(CO/C(O)=C(\O)Cc2ccc(N)cc2)cc1. The maximum atomic E-state index is 9.82. The zero-order valence-corrected chi connectivity index (χ0v) is 11.5. The number of anilines is 2. The van der Waals surface area contributed by atoms with Crippen LogP contribution in [0.3, 0.4) is 0 Å². The third-order valence-electron chi connectivity index (χ3n) is 2.95. The molecule has 0 unspecified atom stereocenters. The number of nitrogens with two attached hydrogens (primary N) is 2. The molecule has 0 aliphatic carbocycles. The lowest BCUT2D eigenvalue weighted by Crippen LogP contribution is -2.00. The Labute approximate surface area is 123 Å². The van der Waals surface area contributed by atoms with Gasteiger partial charge in [0.1, 0.15) is 6.61 Å². The Bertz CT molecular complexity index is 619. The van der Waals surface area contributed by atoms with E-state index < -0.39 is 5.95 Å². The Balaban J connectivity index is 1.95. The lowest BCUT2D eigenvalue weighted by Gasteiger charge is -2.08. The van der Waals surface area contributed by atoms with Crippen LogP contribution in [0.2, 0.25) is 0 Å². The average molecular weight is 286 g/mol. The maximum Gasteiger partial charge on any atom is 0.316 e. The van der Waals surface area contributed by atoms with Crippen molar-refractivity contribution in [2.75, 3.05) is 11.5 Å². The summed E-state index contributed by atoms with van der Waals surface area (Å²) >= 11 is 0. The van der Waals surface area contributed by atoms with E-state index in [0.717, 1.165) is 11.1 Å². The van der Waals surface area contributed by atoms with Gasteiger partial charge in [0.05, 0.1) is 0 Å². The van der Waals surface area contributed by atoms with Crippen molar-refractivity contribution >= 4 is 11.4 Å². The van der Waals surface area contributed by atoms with E-state index >= 15 is 0 Å². The van der Waals surface area contributed by atoms with Gasteiger partial charge in [-0.05, 0) is 35.4 Å². The highest BCUT2D eigenvalue weighted by Gasteiger charge is 2.07. The van der Waals surface area contributed by atoms with Gasteiger partial charge in [-0.25, -0.2) is 0 Å². The van der Waals surface area contributed by atoms with Crippen LogP contribution in [-0.4, -0.2) is 10.2 Å². The number of aliphatic hydroxyl groups excluding tert-OH is 2. The van der Waals surface area contributed by atoms with E-state index in [9.17, 15) is 10.2 Å². The highest BCUT2D eigenvalue weighted by atomic mass is 16.6. The minimum atomic E-state index is -0.483. The molecule has 0 amide bonds. The lowest BCUT2D eigenvalue weighted by atomic mass is 10.1. The molecule has 0 heterocycles. The molecule has 0 saturated carbocycles. The highest BCUT2D eigenvalue weighted by molar-refractivity contribution is 5.40. The topological polar surface area (TPSA) is 102 Å². The molecule has 0 bridgehead atoms. The first kappa shape index (κ1) is 14.6. The number of benzene rings is 2. The lowest BCUT2D eigenvalue weighted by molar-refractivity contribution is 0.0632. The molecule has 6 N–H and O–H groups in total. The van der Waals surface area contributed by atoms with Crippen LogP contribution in [0.25, 0.3) is 0 Å². The summed E-state index contributed by atoms with van der Waals surface area (Å²) in [6.45, 7) is 0.151. The molecule has 0 atom stereocenters. The van der Waals surface area contributed by atoms with Crippen molar-refractivity contribution in [1.29, 1.82) is 0 Å². The fraction of sp³-hybridized carbons (Fsp3) is 0.125. The van der Waals surface area contributed by atoms with Crippen LogP contribution in [0.1, 0.15) is 11.1 Å². The summed E-state index contributed by atoms with van der Waals surface area (Å²) in [6, 6.07) is 14.1. The molecule has 2 aromatic carbocycles. The maximum absolute atomic E-state index is 9.82.